The number of sulfonamides is 1. The van der Waals surface area contributed by atoms with E-state index < -0.39 is 34.0 Å². The zero-order chi connectivity index (χ0) is 26.8. The van der Waals surface area contributed by atoms with Crippen LogP contribution in [-0.4, -0.2) is 60.8 Å². The number of amides is 2. The Bertz CT molecular complexity index is 1170. The molecule has 0 radical (unpaired) electrons. The van der Waals surface area contributed by atoms with E-state index >= 15 is 0 Å². The molecule has 200 valence electrons. The summed E-state index contributed by atoms with van der Waals surface area (Å²) in [5, 5.41) is 15.0. The van der Waals surface area contributed by atoms with Crippen LogP contribution in [-0.2, 0) is 30.8 Å². The summed E-state index contributed by atoms with van der Waals surface area (Å²) in [4.78, 5) is 37.0. The lowest BCUT2D eigenvalue weighted by molar-refractivity contribution is -0.142. The van der Waals surface area contributed by atoms with Crippen molar-refractivity contribution >= 4 is 33.5 Å². The maximum Gasteiger partial charge on any atom is 0.326 e. The molecule has 1 heterocycles. The molecule has 10 nitrogen and oxygen atoms in total. The number of carboxylic acid groups (broad SMARTS) is 1. The highest BCUT2D eigenvalue weighted by molar-refractivity contribution is 7.89. The summed E-state index contributed by atoms with van der Waals surface area (Å²) in [6.07, 6.45) is 3.74. The van der Waals surface area contributed by atoms with Gasteiger partial charge in [-0.2, -0.15) is 4.31 Å². The topological polar surface area (TPSA) is 159 Å². The van der Waals surface area contributed by atoms with Gasteiger partial charge in [-0.25, -0.2) is 13.2 Å². The minimum atomic E-state index is -3.89. The number of benzene rings is 2. The molecule has 5 N–H and O–H groups in total. The van der Waals surface area contributed by atoms with Crippen molar-refractivity contribution in [1.29, 1.82) is 0 Å². The summed E-state index contributed by atoms with van der Waals surface area (Å²) in [7, 11) is -3.89. The standard InChI is InChI=1S/C26H34N4O6S/c27-16-6-2-5-11-24(31)28-20-14-12-19(13-15-20)18-22(26(33)34)29-25(32)23-10-7-17-30(23)37(35,36)21-8-3-1-4-9-21/h1,3-4,8-9,12-15,22-23H,2,5-7,10-11,16-18,27H2,(H,28,31)(H,29,32)(H,33,34)/t22-,23-/m0/s1. The van der Waals surface area contributed by atoms with Gasteiger partial charge in [0.2, 0.25) is 21.8 Å². The van der Waals surface area contributed by atoms with Crippen molar-refractivity contribution in [1.82, 2.24) is 9.62 Å². The average Bonchev–Trinajstić information content (AvgIpc) is 3.39. The fraction of sp³-hybridized carbons (Fsp3) is 0.423. The largest absolute Gasteiger partial charge is 0.480 e. The van der Waals surface area contributed by atoms with Gasteiger partial charge in [-0.05, 0) is 62.1 Å². The molecule has 0 unspecified atom stereocenters. The number of carboxylic acids is 1. The van der Waals surface area contributed by atoms with Crippen LogP contribution in [0, 0.1) is 0 Å². The zero-order valence-electron chi connectivity index (χ0n) is 20.6. The molecular formula is C26H34N4O6S. The molecule has 1 aliphatic heterocycles. The Morgan fingerprint density at radius 3 is 2.38 bits per heavy atom. The second kappa shape index (κ2) is 13.3. The van der Waals surface area contributed by atoms with Crippen LogP contribution < -0.4 is 16.4 Å². The molecule has 1 aliphatic rings. The fourth-order valence-electron chi connectivity index (χ4n) is 4.28. The Labute approximate surface area is 217 Å². The molecule has 0 bridgehead atoms. The number of carbonyl (C=O) groups is 3. The maximum atomic E-state index is 13.1. The second-order valence-electron chi connectivity index (χ2n) is 9.03. The minimum Gasteiger partial charge on any atom is -0.480 e. The maximum absolute atomic E-state index is 13.1. The molecule has 2 aromatic rings. The van der Waals surface area contributed by atoms with Crippen LogP contribution >= 0.6 is 0 Å². The first-order valence-electron chi connectivity index (χ1n) is 12.4. The van der Waals surface area contributed by atoms with E-state index in [2.05, 4.69) is 10.6 Å². The van der Waals surface area contributed by atoms with E-state index in [1.165, 1.54) is 12.1 Å². The van der Waals surface area contributed by atoms with Crippen LogP contribution in [0.15, 0.2) is 59.5 Å². The summed E-state index contributed by atoms with van der Waals surface area (Å²) >= 11 is 0. The Morgan fingerprint density at radius 2 is 1.73 bits per heavy atom. The van der Waals surface area contributed by atoms with E-state index in [1.807, 2.05) is 0 Å². The zero-order valence-corrected chi connectivity index (χ0v) is 21.5. The third-order valence-corrected chi connectivity index (χ3v) is 8.18. The fourth-order valence-corrected chi connectivity index (χ4v) is 5.95. The van der Waals surface area contributed by atoms with Gasteiger partial charge in [0.15, 0.2) is 0 Å². The van der Waals surface area contributed by atoms with Crippen LogP contribution in [0.2, 0.25) is 0 Å². The van der Waals surface area contributed by atoms with Gasteiger partial charge in [-0.15, -0.1) is 0 Å². The summed E-state index contributed by atoms with van der Waals surface area (Å²) < 4.78 is 27.2. The number of anilines is 1. The van der Waals surface area contributed by atoms with Crippen LogP contribution in [0.5, 0.6) is 0 Å². The van der Waals surface area contributed by atoms with Gasteiger partial charge >= 0.3 is 5.97 Å². The Balaban J connectivity index is 1.60. The first-order valence-corrected chi connectivity index (χ1v) is 13.9. The summed E-state index contributed by atoms with van der Waals surface area (Å²) in [6.45, 7) is 0.791. The van der Waals surface area contributed by atoms with Gasteiger partial charge in [0.05, 0.1) is 4.90 Å². The summed E-state index contributed by atoms with van der Waals surface area (Å²) in [5.41, 5.74) is 6.69. The number of rotatable bonds is 13. The van der Waals surface area contributed by atoms with E-state index in [0.717, 1.165) is 23.6 Å². The molecule has 11 heteroatoms. The van der Waals surface area contributed by atoms with Gasteiger partial charge in [-0.1, -0.05) is 36.8 Å². The lowest BCUT2D eigenvalue weighted by atomic mass is 10.0. The van der Waals surface area contributed by atoms with Crippen molar-refractivity contribution in [3.63, 3.8) is 0 Å². The molecule has 2 aromatic carbocycles. The van der Waals surface area contributed by atoms with Crippen molar-refractivity contribution < 1.29 is 27.9 Å². The summed E-state index contributed by atoms with van der Waals surface area (Å²) in [5.74, 6) is -1.96. The normalized spacial score (nSPS) is 16.7. The van der Waals surface area contributed by atoms with Crippen molar-refractivity contribution in [3.05, 3.63) is 60.2 Å². The van der Waals surface area contributed by atoms with E-state index in [4.69, 9.17) is 5.73 Å². The number of aliphatic carboxylic acids is 1. The lowest BCUT2D eigenvalue weighted by Crippen LogP contribution is -2.51. The number of nitrogens with two attached hydrogens (primary N) is 1. The summed E-state index contributed by atoms with van der Waals surface area (Å²) in [6, 6.07) is 12.4. The number of nitrogens with zero attached hydrogens (tertiary/aromatic N) is 1. The molecule has 3 rings (SSSR count). The Kier molecular flexibility index (Phi) is 10.2. The van der Waals surface area contributed by atoms with E-state index in [0.29, 0.717) is 37.1 Å². The molecular weight excluding hydrogens is 496 g/mol. The van der Waals surface area contributed by atoms with Crippen LogP contribution in [0.1, 0.15) is 44.1 Å². The SMILES string of the molecule is NCCCCCC(=O)Nc1ccc(C[C@H](NC(=O)[C@@H]2CCCN2S(=O)(=O)c2ccccc2)C(=O)O)cc1. The number of hydrogen-bond donors (Lipinski definition) is 4. The molecule has 0 spiro atoms. The molecule has 2 atom stereocenters. The number of carbonyl (C=O) groups excluding carboxylic acids is 2. The predicted molar refractivity (Wildman–Crippen MR) is 139 cm³/mol. The third kappa shape index (κ3) is 7.85. The smallest absolute Gasteiger partial charge is 0.326 e. The van der Waals surface area contributed by atoms with Gasteiger partial charge in [-0.3, -0.25) is 9.59 Å². The second-order valence-corrected chi connectivity index (χ2v) is 10.9. The Hall–Kier alpha value is -3.28. The van der Waals surface area contributed by atoms with Crippen LogP contribution in [0.3, 0.4) is 0 Å². The molecule has 37 heavy (non-hydrogen) atoms. The molecule has 0 aromatic heterocycles. The van der Waals surface area contributed by atoms with Crippen molar-refractivity contribution in [3.8, 4) is 0 Å². The minimum absolute atomic E-state index is 0.00649. The van der Waals surface area contributed by atoms with Gasteiger partial charge < -0.3 is 21.5 Å². The van der Waals surface area contributed by atoms with Crippen molar-refractivity contribution in [2.24, 2.45) is 5.73 Å². The quantitative estimate of drug-likeness (QED) is 0.289. The van der Waals surface area contributed by atoms with Crippen LogP contribution in [0.4, 0.5) is 5.69 Å². The number of unbranched alkanes of at least 4 members (excludes halogenated alkanes) is 2. The molecule has 1 saturated heterocycles. The number of nitrogens with one attached hydrogen (secondary N) is 2. The third-order valence-electron chi connectivity index (χ3n) is 6.26. The van der Waals surface area contributed by atoms with E-state index in [-0.39, 0.29) is 23.8 Å². The van der Waals surface area contributed by atoms with Gasteiger partial charge in [0.1, 0.15) is 12.1 Å². The predicted octanol–water partition coefficient (Wildman–Crippen LogP) is 2.11. The highest BCUT2D eigenvalue weighted by Crippen LogP contribution is 2.26. The van der Waals surface area contributed by atoms with Crippen molar-refractivity contribution in [2.75, 3.05) is 18.4 Å². The lowest BCUT2D eigenvalue weighted by Gasteiger charge is -2.25. The Morgan fingerprint density at radius 1 is 1.03 bits per heavy atom. The first kappa shape index (κ1) is 28.3. The van der Waals surface area contributed by atoms with Gasteiger partial charge in [0, 0.05) is 25.1 Å². The number of hydrogen-bond acceptors (Lipinski definition) is 6. The molecule has 0 saturated carbocycles. The van der Waals surface area contributed by atoms with Crippen LogP contribution in [0.25, 0.3) is 0 Å². The van der Waals surface area contributed by atoms with E-state index in [9.17, 15) is 27.9 Å². The average molecular weight is 531 g/mol. The molecule has 1 fully saturated rings. The first-order chi connectivity index (χ1) is 17.7. The van der Waals surface area contributed by atoms with Gasteiger partial charge in [0.25, 0.3) is 0 Å². The molecule has 2 amide bonds. The highest BCUT2D eigenvalue weighted by atomic mass is 32.2. The van der Waals surface area contributed by atoms with E-state index in [1.54, 1.807) is 42.5 Å². The highest BCUT2D eigenvalue weighted by Gasteiger charge is 2.40. The van der Waals surface area contributed by atoms with Crippen molar-refractivity contribution in [2.45, 2.75) is 61.9 Å². The monoisotopic (exact) mass is 530 g/mol. The molecule has 0 aliphatic carbocycles.